The monoisotopic (exact) mass is 311 g/mol. The summed E-state index contributed by atoms with van der Waals surface area (Å²) in [6.07, 6.45) is 2.51. The number of hydrogen-bond acceptors (Lipinski definition) is 5. The zero-order chi connectivity index (χ0) is 16.7. The highest BCUT2D eigenvalue weighted by atomic mass is 16.6. The van der Waals surface area contributed by atoms with Crippen LogP contribution in [0.5, 0.6) is 0 Å². The summed E-state index contributed by atoms with van der Waals surface area (Å²) in [7, 11) is 0. The molecule has 23 heavy (non-hydrogen) atoms. The molecule has 6 heteroatoms. The Bertz CT molecular complexity index is 753. The largest absolute Gasteiger partial charge is 0.454 e. The van der Waals surface area contributed by atoms with Gasteiger partial charge in [-0.15, -0.1) is 0 Å². The first-order chi connectivity index (χ1) is 11.1. The Morgan fingerprint density at radius 2 is 1.83 bits per heavy atom. The lowest BCUT2D eigenvalue weighted by Gasteiger charge is -2.01. The van der Waals surface area contributed by atoms with E-state index < -0.39 is 10.9 Å². The van der Waals surface area contributed by atoms with E-state index in [4.69, 9.17) is 4.74 Å². The molecule has 0 unspecified atom stereocenters. The second kappa shape index (κ2) is 7.65. The van der Waals surface area contributed by atoms with Crippen LogP contribution in [0, 0.1) is 10.1 Å². The summed E-state index contributed by atoms with van der Waals surface area (Å²) in [5, 5.41) is 10.7. The maximum atomic E-state index is 11.8. The van der Waals surface area contributed by atoms with Crippen LogP contribution in [0.1, 0.15) is 15.9 Å². The lowest BCUT2D eigenvalue weighted by atomic mass is 10.1. The number of hydrogen-bond donors (Lipinski definition) is 0. The number of ketones is 1. The molecule has 0 aliphatic carbocycles. The molecular weight excluding hydrogens is 298 g/mol. The number of benzene rings is 2. The number of nitro groups is 1. The first kappa shape index (κ1) is 16.1. The molecule has 0 atom stereocenters. The van der Waals surface area contributed by atoms with E-state index in [0.29, 0.717) is 11.1 Å². The molecule has 0 aliphatic rings. The lowest BCUT2D eigenvalue weighted by molar-refractivity contribution is -0.384. The normalized spacial score (nSPS) is 10.4. The van der Waals surface area contributed by atoms with Crippen LogP contribution in [0.25, 0.3) is 6.08 Å². The Labute approximate surface area is 132 Å². The van der Waals surface area contributed by atoms with Crippen LogP contribution >= 0.6 is 0 Å². The van der Waals surface area contributed by atoms with Crippen molar-refractivity contribution in [3.8, 4) is 0 Å². The number of nitro benzene ring substituents is 1. The maximum Gasteiger partial charge on any atom is 0.331 e. The average Bonchev–Trinajstić information content (AvgIpc) is 2.58. The van der Waals surface area contributed by atoms with E-state index in [9.17, 15) is 19.7 Å². The molecule has 0 aromatic heterocycles. The van der Waals surface area contributed by atoms with Crippen molar-refractivity contribution in [2.24, 2.45) is 0 Å². The molecule has 2 aromatic rings. The second-order valence-electron chi connectivity index (χ2n) is 4.58. The molecule has 0 fully saturated rings. The fourth-order valence-electron chi connectivity index (χ4n) is 1.80. The van der Waals surface area contributed by atoms with Crippen molar-refractivity contribution in [3.05, 3.63) is 81.9 Å². The molecule has 0 saturated carbocycles. The van der Waals surface area contributed by atoms with Crippen LogP contribution in [0.2, 0.25) is 0 Å². The van der Waals surface area contributed by atoms with Crippen LogP contribution in [0.4, 0.5) is 5.69 Å². The smallest absolute Gasteiger partial charge is 0.331 e. The second-order valence-corrected chi connectivity index (χ2v) is 4.58. The number of nitrogens with zero attached hydrogens (tertiary/aromatic N) is 1. The maximum absolute atomic E-state index is 11.8. The van der Waals surface area contributed by atoms with Gasteiger partial charge in [0.2, 0.25) is 0 Å². The van der Waals surface area contributed by atoms with Crippen LogP contribution < -0.4 is 0 Å². The minimum absolute atomic E-state index is 0.0697. The molecule has 2 rings (SSSR count). The fourth-order valence-corrected chi connectivity index (χ4v) is 1.80. The van der Waals surface area contributed by atoms with E-state index in [-0.39, 0.29) is 18.1 Å². The number of rotatable bonds is 6. The van der Waals surface area contributed by atoms with Gasteiger partial charge in [0.15, 0.2) is 12.4 Å². The molecule has 0 bridgehead atoms. The van der Waals surface area contributed by atoms with E-state index in [1.165, 1.54) is 24.3 Å². The van der Waals surface area contributed by atoms with Gasteiger partial charge in [0, 0.05) is 23.8 Å². The summed E-state index contributed by atoms with van der Waals surface area (Å²) in [4.78, 5) is 33.5. The van der Waals surface area contributed by atoms with Crippen molar-refractivity contribution in [3.63, 3.8) is 0 Å². The number of Topliss-reactive ketones (excluding diaryl/α,β-unsaturated/α-hetero) is 1. The van der Waals surface area contributed by atoms with Crippen LogP contribution in [-0.2, 0) is 9.53 Å². The van der Waals surface area contributed by atoms with Crippen LogP contribution in [0.15, 0.2) is 60.7 Å². The number of esters is 1. The lowest BCUT2D eigenvalue weighted by Crippen LogP contribution is -2.12. The standard InChI is InChI=1S/C17H13NO5/c19-16(14-6-2-1-3-7-14)12-23-17(20)10-9-13-5-4-8-15(11-13)18(21)22/h1-11H,12H2/b10-9+. The van der Waals surface area contributed by atoms with Crippen LogP contribution in [0.3, 0.4) is 0 Å². The third-order valence-electron chi connectivity index (χ3n) is 2.93. The Balaban J connectivity index is 1.91. The highest BCUT2D eigenvalue weighted by Crippen LogP contribution is 2.14. The Kier molecular flexibility index (Phi) is 5.35. The molecule has 116 valence electrons. The van der Waals surface area contributed by atoms with Crippen molar-refractivity contribution in [1.29, 1.82) is 0 Å². The zero-order valence-corrected chi connectivity index (χ0v) is 12.0. The number of non-ortho nitro benzene ring substituents is 1. The molecule has 0 heterocycles. The van der Waals surface area contributed by atoms with Gasteiger partial charge in [0.1, 0.15) is 0 Å². The Morgan fingerprint density at radius 3 is 2.52 bits per heavy atom. The molecule has 0 amide bonds. The third-order valence-corrected chi connectivity index (χ3v) is 2.93. The molecule has 2 aromatic carbocycles. The van der Waals surface area contributed by atoms with Gasteiger partial charge in [0.05, 0.1) is 4.92 Å². The third kappa shape index (κ3) is 4.89. The van der Waals surface area contributed by atoms with Crippen LogP contribution in [-0.4, -0.2) is 23.3 Å². The first-order valence-electron chi connectivity index (χ1n) is 6.74. The molecule has 0 saturated heterocycles. The fraction of sp³-hybridized carbons (Fsp3) is 0.0588. The zero-order valence-electron chi connectivity index (χ0n) is 12.0. The van der Waals surface area contributed by atoms with Gasteiger partial charge in [-0.2, -0.15) is 0 Å². The van der Waals surface area contributed by atoms with E-state index in [1.54, 1.807) is 36.4 Å². The predicted molar refractivity (Wildman–Crippen MR) is 83.9 cm³/mol. The van der Waals surface area contributed by atoms with E-state index in [0.717, 1.165) is 6.08 Å². The summed E-state index contributed by atoms with van der Waals surface area (Å²) >= 11 is 0. The Hall–Kier alpha value is -3.28. The molecule has 0 aliphatic heterocycles. The van der Waals surface area contributed by atoms with E-state index in [2.05, 4.69) is 0 Å². The summed E-state index contributed by atoms with van der Waals surface area (Å²) in [5.74, 6) is -0.997. The van der Waals surface area contributed by atoms with E-state index in [1.807, 2.05) is 0 Å². The van der Waals surface area contributed by atoms with Gasteiger partial charge in [-0.1, -0.05) is 42.5 Å². The highest BCUT2D eigenvalue weighted by molar-refractivity contribution is 5.98. The van der Waals surface area contributed by atoms with Gasteiger partial charge in [-0.3, -0.25) is 14.9 Å². The molecule has 0 N–H and O–H groups in total. The van der Waals surface area contributed by atoms with Crippen molar-refractivity contribution < 1.29 is 19.2 Å². The van der Waals surface area contributed by atoms with Crippen molar-refractivity contribution in [1.82, 2.24) is 0 Å². The summed E-state index contributed by atoms with van der Waals surface area (Å²) < 4.78 is 4.85. The molecule has 0 radical (unpaired) electrons. The summed E-state index contributed by atoms with van der Waals surface area (Å²) in [6, 6.07) is 14.3. The Morgan fingerprint density at radius 1 is 1.09 bits per heavy atom. The highest BCUT2D eigenvalue weighted by Gasteiger charge is 2.08. The van der Waals surface area contributed by atoms with Gasteiger partial charge in [-0.25, -0.2) is 4.79 Å². The van der Waals surface area contributed by atoms with Gasteiger partial charge in [0.25, 0.3) is 5.69 Å². The molecular formula is C17H13NO5. The molecule has 0 spiro atoms. The topological polar surface area (TPSA) is 86.5 Å². The quantitative estimate of drug-likeness (QED) is 0.269. The predicted octanol–water partition coefficient (Wildman–Crippen LogP) is 3.03. The minimum atomic E-state index is -0.694. The summed E-state index contributed by atoms with van der Waals surface area (Å²) in [6.45, 7) is -0.359. The van der Waals surface area contributed by atoms with Gasteiger partial charge < -0.3 is 4.74 Å². The summed E-state index contributed by atoms with van der Waals surface area (Å²) in [5.41, 5.74) is 0.883. The number of carbonyl (C=O) groups is 2. The van der Waals surface area contributed by atoms with E-state index >= 15 is 0 Å². The molecule has 6 nitrogen and oxygen atoms in total. The van der Waals surface area contributed by atoms with Crippen molar-refractivity contribution in [2.75, 3.05) is 6.61 Å². The van der Waals surface area contributed by atoms with Crippen molar-refractivity contribution >= 4 is 23.5 Å². The minimum Gasteiger partial charge on any atom is -0.454 e. The first-order valence-corrected chi connectivity index (χ1v) is 6.74. The van der Waals surface area contributed by atoms with Gasteiger partial charge >= 0.3 is 5.97 Å². The SMILES string of the molecule is O=C(/C=C/c1cccc([N+](=O)[O-])c1)OCC(=O)c1ccccc1. The number of ether oxygens (including phenoxy) is 1. The van der Waals surface area contributed by atoms with Crippen molar-refractivity contribution in [2.45, 2.75) is 0 Å². The number of carbonyl (C=O) groups excluding carboxylic acids is 2. The van der Waals surface area contributed by atoms with Gasteiger partial charge in [-0.05, 0) is 11.6 Å². The average molecular weight is 311 g/mol.